The first-order valence-corrected chi connectivity index (χ1v) is 13.2. The number of aliphatic imine (C=N–C) groups is 1. The SMILES string of the molecule is Cc1cc(C#N)cnc1C(=O)Nc1ccc(F)c([C@@]2(C)CC3=NSCCC(=O)N3C(NC(=O)OC(C)(C)C)=N2)n1. The van der Waals surface area contributed by atoms with Gasteiger partial charge in [-0.2, -0.15) is 5.26 Å². The number of alkyl carbamates (subject to hydrolysis) is 1. The lowest BCUT2D eigenvalue weighted by atomic mass is 9.90. The molecule has 0 spiro atoms. The van der Waals surface area contributed by atoms with Gasteiger partial charge in [0.15, 0.2) is 0 Å². The van der Waals surface area contributed by atoms with Crippen LogP contribution in [0.3, 0.4) is 0 Å². The minimum atomic E-state index is -1.42. The fourth-order valence-electron chi connectivity index (χ4n) is 4.09. The summed E-state index contributed by atoms with van der Waals surface area (Å²) in [6.07, 6.45) is 0.573. The second-order valence-electron chi connectivity index (χ2n) is 10.3. The minimum absolute atomic E-state index is 0.0111. The molecule has 3 amide bonds. The second kappa shape index (κ2) is 11.0. The molecule has 0 aliphatic carbocycles. The second-order valence-corrected chi connectivity index (χ2v) is 11.2. The van der Waals surface area contributed by atoms with Crippen molar-refractivity contribution in [2.75, 3.05) is 11.1 Å². The Balaban J connectivity index is 1.71. The third kappa shape index (κ3) is 6.26. The largest absolute Gasteiger partial charge is 0.444 e. The van der Waals surface area contributed by atoms with Gasteiger partial charge in [-0.05, 0) is 70.3 Å². The number of aryl methyl sites for hydroxylation is 1. The van der Waals surface area contributed by atoms with Crippen molar-refractivity contribution in [3.63, 3.8) is 0 Å². The number of nitrogens with one attached hydrogen (secondary N) is 2. The first-order chi connectivity index (χ1) is 18.8. The smallest absolute Gasteiger partial charge is 0.414 e. The van der Waals surface area contributed by atoms with Crippen LogP contribution >= 0.6 is 11.9 Å². The molecule has 0 radical (unpaired) electrons. The van der Waals surface area contributed by atoms with E-state index in [1.165, 1.54) is 35.2 Å². The fourth-order valence-corrected chi connectivity index (χ4v) is 4.74. The van der Waals surface area contributed by atoms with E-state index in [-0.39, 0.29) is 47.7 Å². The predicted molar refractivity (Wildman–Crippen MR) is 146 cm³/mol. The molecule has 4 rings (SSSR count). The van der Waals surface area contributed by atoms with E-state index < -0.39 is 29.0 Å². The normalized spacial score (nSPS) is 18.9. The Labute approximate surface area is 234 Å². The highest BCUT2D eigenvalue weighted by Crippen LogP contribution is 2.36. The van der Waals surface area contributed by atoms with Gasteiger partial charge in [0.25, 0.3) is 5.91 Å². The van der Waals surface area contributed by atoms with Crippen molar-refractivity contribution >= 4 is 47.5 Å². The van der Waals surface area contributed by atoms with Crippen LogP contribution in [-0.4, -0.2) is 55.9 Å². The number of carbonyl (C=O) groups is 3. The number of amides is 3. The summed E-state index contributed by atoms with van der Waals surface area (Å²) in [7, 11) is 0. The van der Waals surface area contributed by atoms with Crippen LogP contribution in [0.25, 0.3) is 0 Å². The van der Waals surface area contributed by atoms with E-state index in [0.29, 0.717) is 16.9 Å². The molecule has 208 valence electrons. The van der Waals surface area contributed by atoms with Crippen LogP contribution in [0.4, 0.5) is 15.0 Å². The van der Waals surface area contributed by atoms with E-state index in [0.717, 1.165) is 6.07 Å². The van der Waals surface area contributed by atoms with Gasteiger partial charge in [0, 0.05) is 24.8 Å². The van der Waals surface area contributed by atoms with E-state index >= 15 is 4.39 Å². The minimum Gasteiger partial charge on any atom is -0.444 e. The molecule has 2 aromatic rings. The average Bonchev–Trinajstić information content (AvgIpc) is 3.04. The van der Waals surface area contributed by atoms with Crippen molar-refractivity contribution in [2.45, 2.75) is 58.6 Å². The van der Waals surface area contributed by atoms with Crippen molar-refractivity contribution in [3.05, 3.63) is 52.7 Å². The Kier molecular flexibility index (Phi) is 7.88. The number of pyridine rings is 2. The van der Waals surface area contributed by atoms with Gasteiger partial charge >= 0.3 is 6.09 Å². The summed E-state index contributed by atoms with van der Waals surface area (Å²) in [6.45, 7) is 8.30. The van der Waals surface area contributed by atoms with E-state index in [1.54, 1.807) is 34.6 Å². The number of nitriles is 1. The number of aromatic nitrogens is 2. The lowest BCUT2D eigenvalue weighted by Gasteiger charge is -2.37. The average molecular weight is 567 g/mol. The molecule has 0 unspecified atom stereocenters. The number of fused-ring (bicyclic) bond motifs is 1. The van der Waals surface area contributed by atoms with Gasteiger partial charge in [0.1, 0.15) is 46.1 Å². The molecular formula is C26H27FN8O4S. The summed E-state index contributed by atoms with van der Waals surface area (Å²) < 4.78 is 25.0. The number of hydrogen-bond donors (Lipinski definition) is 2. The zero-order valence-corrected chi connectivity index (χ0v) is 23.3. The number of halogens is 1. The number of guanidine groups is 1. The van der Waals surface area contributed by atoms with Crippen LogP contribution in [0.2, 0.25) is 0 Å². The molecule has 0 fully saturated rings. The molecule has 12 nitrogen and oxygen atoms in total. The Morgan fingerprint density at radius 3 is 2.70 bits per heavy atom. The first-order valence-electron chi connectivity index (χ1n) is 12.3. The molecule has 1 atom stereocenters. The van der Waals surface area contributed by atoms with Crippen LogP contribution in [-0.2, 0) is 15.1 Å². The molecule has 14 heteroatoms. The van der Waals surface area contributed by atoms with Gasteiger partial charge in [0.05, 0.1) is 5.56 Å². The van der Waals surface area contributed by atoms with E-state index in [1.807, 2.05) is 6.07 Å². The van der Waals surface area contributed by atoms with Crippen molar-refractivity contribution in [2.24, 2.45) is 9.39 Å². The molecule has 0 saturated carbocycles. The molecule has 2 aliphatic heterocycles. The molecule has 0 aromatic carbocycles. The van der Waals surface area contributed by atoms with Crippen molar-refractivity contribution in [1.82, 2.24) is 20.2 Å². The molecule has 0 saturated heterocycles. The van der Waals surface area contributed by atoms with Crippen molar-refractivity contribution < 1.29 is 23.5 Å². The van der Waals surface area contributed by atoms with E-state index in [9.17, 15) is 14.4 Å². The fraction of sp³-hybridized carbons (Fsp3) is 0.385. The number of rotatable bonds is 3. The number of anilines is 1. The van der Waals surface area contributed by atoms with E-state index in [2.05, 4.69) is 30.0 Å². The van der Waals surface area contributed by atoms with Crippen LogP contribution in [0.15, 0.2) is 33.8 Å². The zero-order chi connectivity index (χ0) is 29.2. The molecule has 4 heterocycles. The number of amidine groups is 1. The van der Waals surface area contributed by atoms with Gasteiger partial charge in [-0.25, -0.2) is 33.4 Å². The maximum Gasteiger partial charge on any atom is 0.414 e. The summed E-state index contributed by atoms with van der Waals surface area (Å²) in [5.74, 6) is -1.09. The van der Waals surface area contributed by atoms with Crippen LogP contribution < -0.4 is 10.6 Å². The highest BCUT2D eigenvalue weighted by Gasteiger charge is 2.43. The molecule has 2 N–H and O–H groups in total. The van der Waals surface area contributed by atoms with Crippen molar-refractivity contribution in [1.29, 1.82) is 5.26 Å². The highest BCUT2D eigenvalue weighted by molar-refractivity contribution is 7.98. The Morgan fingerprint density at radius 2 is 2.02 bits per heavy atom. The quantitative estimate of drug-likeness (QED) is 0.530. The standard InChI is InChI=1S/C26H27FN8O4S/c1-14-10-15(12-28)13-29-20(14)22(37)31-17-7-6-16(27)21(30-17)26(5)11-18-34-40-9-8-19(36)35(18)23(33-26)32-24(38)39-25(2,3)4/h6-7,10,13H,8-9,11H2,1-5H3,(H,30,31,37)(H,32,33,38)/t26-/m1/s1. The third-order valence-corrected chi connectivity index (χ3v) is 6.51. The van der Waals surface area contributed by atoms with Gasteiger partial charge in [-0.15, -0.1) is 0 Å². The summed E-state index contributed by atoms with van der Waals surface area (Å²) >= 11 is 1.18. The number of carbonyl (C=O) groups excluding carboxylic acids is 3. The summed E-state index contributed by atoms with van der Waals surface area (Å²) in [4.78, 5) is 52.6. The number of hydrogen-bond acceptors (Lipinski definition) is 10. The van der Waals surface area contributed by atoms with Gasteiger partial charge in [0.2, 0.25) is 11.9 Å². The number of nitrogens with zero attached hydrogens (tertiary/aromatic N) is 6. The van der Waals surface area contributed by atoms with Crippen LogP contribution in [0, 0.1) is 24.1 Å². The predicted octanol–water partition coefficient (Wildman–Crippen LogP) is 3.83. The van der Waals surface area contributed by atoms with Gasteiger partial charge < -0.3 is 10.1 Å². The lowest BCUT2D eigenvalue weighted by Crippen LogP contribution is -2.55. The van der Waals surface area contributed by atoms with Crippen LogP contribution in [0.5, 0.6) is 0 Å². The maximum atomic E-state index is 15.3. The van der Waals surface area contributed by atoms with Crippen LogP contribution in [0.1, 0.15) is 67.8 Å². The first kappa shape index (κ1) is 28.6. The third-order valence-electron chi connectivity index (χ3n) is 5.78. The summed E-state index contributed by atoms with van der Waals surface area (Å²) in [6, 6.07) is 5.92. The molecule has 2 aliphatic rings. The molecule has 40 heavy (non-hydrogen) atoms. The Bertz CT molecular complexity index is 1500. The topological polar surface area (TPSA) is 162 Å². The molecule has 0 bridgehead atoms. The molecule has 2 aromatic heterocycles. The zero-order valence-electron chi connectivity index (χ0n) is 22.5. The van der Waals surface area contributed by atoms with Crippen molar-refractivity contribution in [3.8, 4) is 6.07 Å². The lowest BCUT2D eigenvalue weighted by molar-refractivity contribution is -0.124. The van der Waals surface area contributed by atoms with Gasteiger partial charge in [-0.3, -0.25) is 14.9 Å². The van der Waals surface area contributed by atoms with Gasteiger partial charge in [-0.1, -0.05) is 0 Å². The summed E-state index contributed by atoms with van der Waals surface area (Å²) in [5, 5.41) is 14.2. The molecular weight excluding hydrogens is 539 g/mol. The maximum absolute atomic E-state index is 15.3. The summed E-state index contributed by atoms with van der Waals surface area (Å²) in [5.41, 5.74) is -1.51. The Morgan fingerprint density at radius 1 is 1.27 bits per heavy atom. The highest BCUT2D eigenvalue weighted by atomic mass is 32.2. The van der Waals surface area contributed by atoms with E-state index in [4.69, 9.17) is 10.00 Å². The number of ether oxygens (including phenoxy) is 1. The Hall–Kier alpha value is -4.38. The monoisotopic (exact) mass is 566 g/mol.